The summed E-state index contributed by atoms with van der Waals surface area (Å²) in [6.45, 7) is 10.9. The zero-order valence-corrected chi connectivity index (χ0v) is 16.8. The van der Waals surface area contributed by atoms with Crippen molar-refractivity contribution in [2.45, 2.75) is 43.8 Å². The van der Waals surface area contributed by atoms with E-state index in [1.165, 1.54) is 19.5 Å². The summed E-state index contributed by atoms with van der Waals surface area (Å²) >= 11 is 1.58. The molecule has 1 amide bonds. The number of thioether (sulfide) groups is 1. The predicted octanol–water partition coefficient (Wildman–Crippen LogP) is 3.66. The van der Waals surface area contributed by atoms with Crippen molar-refractivity contribution in [3.63, 3.8) is 0 Å². The Kier molecular flexibility index (Phi) is 8.10. The van der Waals surface area contributed by atoms with E-state index in [2.05, 4.69) is 24.1 Å². The summed E-state index contributed by atoms with van der Waals surface area (Å²) in [6, 6.07) is 7.83. The first-order chi connectivity index (χ1) is 12.0. The van der Waals surface area contributed by atoms with Gasteiger partial charge in [0.2, 0.25) is 5.91 Å². The van der Waals surface area contributed by atoms with Crippen LogP contribution in [-0.2, 0) is 4.79 Å². The van der Waals surface area contributed by atoms with Gasteiger partial charge in [0.25, 0.3) is 0 Å². The Bertz CT molecular complexity index is 525. The van der Waals surface area contributed by atoms with Crippen LogP contribution >= 0.6 is 11.8 Å². The molecule has 0 spiro atoms. The minimum Gasteiger partial charge on any atom is -0.497 e. The monoisotopic (exact) mass is 364 g/mol. The molecule has 1 aromatic carbocycles. The summed E-state index contributed by atoms with van der Waals surface area (Å²) in [5.74, 6) is 2.53. The molecular weight excluding hydrogens is 332 g/mol. The first kappa shape index (κ1) is 20.1. The topological polar surface area (TPSA) is 41.6 Å². The van der Waals surface area contributed by atoms with E-state index in [1.54, 1.807) is 18.9 Å². The Hall–Kier alpha value is -1.20. The number of benzene rings is 1. The highest BCUT2D eigenvalue weighted by molar-refractivity contribution is 8.00. The quantitative estimate of drug-likeness (QED) is 0.565. The van der Waals surface area contributed by atoms with Gasteiger partial charge in [-0.15, -0.1) is 11.8 Å². The molecule has 140 valence electrons. The van der Waals surface area contributed by atoms with Crippen LogP contribution in [-0.4, -0.2) is 49.3 Å². The van der Waals surface area contributed by atoms with Crippen molar-refractivity contribution < 1.29 is 9.53 Å². The van der Waals surface area contributed by atoms with E-state index in [-0.39, 0.29) is 11.2 Å². The second kappa shape index (κ2) is 10.1. The van der Waals surface area contributed by atoms with Gasteiger partial charge in [0, 0.05) is 24.5 Å². The minimum atomic E-state index is -0.0940. The lowest BCUT2D eigenvalue weighted by molar-refractivity contribution is -0.120. The average molecular weight is 365 g/mol. The van der Waals surface area contributed by atoms with Crippen molar-refractivity contribution in [3.05, 3.63) is 24.3 Å². The molecule has 4 nitrogen and oxygen atoms in total. The zero-order valence-electron chi connectivity index (χ0n) is 16.0. The van der Waals surface area contributed by atoms with E-state index in [9.17, 15) is 4.79 Å². The van der Waals surface area contributed by atoms with E-state index in [0.29, 0.717) is 0 Å². The summed E-state index contributed by atoms with van der Waals surface area (Å²) in [4.78, 5) is 15.9. The molecule has 2 rings (SSSR count). The Balaban J connectivity index is 1.65. The van der Waals surface area contributed by atoms with Gasteiger partial charge in [-0.05, 0) is 62.4 Å². The summed E-state index contributed by atoms with van der Waals surface area (Å²) in [5.41, 5.74) is 0. The molecule has 0 unspecified atom stereocenters. The first-order valence-corrected chi connectivity index (χ1v) is 10.2. The van der Waals surface area contributed by atoms with Gasteiger partial charge in [0.1, 0.15) is 5.75 Å². The number of nitrogens with one attached hydrogen (secondary N) is 1. The number of hydrogen-bond acceptors (Lipinski definition) is 4. The first-order valence-electron chi connectivity index (χ1n) is 9.28. The highest BCUT2D eigenvalue weighted by atomic mass is 32.2. The van der Waals surface area contributed by atoms with Crippen LogP contribution in [0.5, 0.6) is 5.75 Å². The van der Waals surface area contributed by atoms with E-state index in [1.807, 2.05) is 31.2 Å². The third-order valence-corrected chi connectivity index (χ3v) is 5.75. The average Bonchev–Trinajstić information content (AvgIpc) is 2.58. The predicted molar refractivity (Wildman–Crippen MR) is 105 cm³/mol. The van der Waals surface area contributed by atoms with E-state index in [0.717, 1.165) is 42.0 Å². The van der Waals surface area contributed by atoms with Gasteiger partial charge in [-0.2, -0.15) is 0 Å². The van der Waals surface area contributed by atoms with Gasteiger partial charge < -0.3 is 15.0 Å². The standard InChI is InChI=1S/C20H32N2O2S/c1-15-12-16(2)14-22(13-15)11-5-10-21-20(23)17(3)25-19-8-6-18(24-4)7-9-19/h6-9,15-17H,5,10-14H2,1-4H3,(H,21,23)/t15-,16+,17-/m1/s1. The van der Waals surface area contributed by atoms with Crippen molar-refractivity contribution in [1.29, 1.82) is 0 Å². The fourth-order valence-corrected chi connectivity index (χ4v) is 4.44. The Labute approximate surface area is 156 Å². The molecule has 1 aliphatic heterocycles. The molecule has 1 heterocycles. The molecule has 25 heavy (non-hydrogen) atoms. The van der Waals surface area contributed by atoms with Crippen LogP contribution in [0.2, 0.25) is 0 Å². The lowest BCUT2D eigenvalue weighted by atomic mass is 9.92. The molecule has 3 atom stereocenters. The van der Waals surface area contributed by atoms with Crippen molar-refractivity contribution in [2.24, 2.45) is 11.8 Å². The Morgan fingerprint density at radius 3 is 2.52 bits per heavy atom. The normalized spacial score (nSPS) is 22.4. The molecule has 1 N–H and O–H groups in total. The summed E-state index contributed by atoms with van der Waals surface area (Å²) < 4.78 is 5.16. The molecular formula is C20H32N2O2S. The van der Waals surface area contributed by atoms with Crippen molar-refractivity contribution in [3.8, 4) is 5.75 Å². The van der Waals surface area contributed by atoms with Gasteiger partial charge in [0.05, 0.1) is 12.4 Å². The van der Waals surface area contributed by atoms with Crippen LogP contribution in [0.25, 0.3) is 0 Å². The summed E-state index contributed by atoms with van der Waals surface area (Å²) in [7, 11) is 1.66. The van der Waals surface area contributed by atoms with Crippen LogP contribution in [0.1, 0.15) is 33.6 Å². The third kappa shape index (κ3) is 6.90. The molecule has 1 aromatic rings. The number of piperidine rings is 1. The molecule has 1 saturated heterocycles. The smallest absolute Gasteiger partial charge is 0.233 e. The molecule has 0 aliphatic carbocycles. The number of carbonyl (C=O) groups is 1. The number of methoxy groups -OCH3 is 1. The van der Waals surface area contributed by atoms with Crippen molar-refractivity contribution >= 4 is 17.7 Å². The molecule has 0 radical (unpaired) electrons. The van der Waals surface area contributed by atoms with Gasteiger partial charge in [-0.1, -0.05) is 13.8 Å². The highest BCUT2D eigenvalue weighted by Crippen LogP contribution is 2.25. The highest BCUT2D eigenvalue weighted by Gasteiger charge is 2.21. The Morgan fingerprint density at radius 1 is 1.28 bits per heavy atom. The number of ether oxygens (including phenoxy) is 1. The molecule has 0 saturated carbocycles. The number of amides is 1. The second-order valence-electron chi connectivity index (χ2n) is 7.29. The van der Waals surface area contributed by atoms with Gasteiger partial charge >= 0.3 is 0 Å². The molecule has 0 aromatic heterocycles. The lowest BCUT2D eigenvalue weighted by Crippen LogP contribution is -2.40. The third-order valence-electron chi connectivity index (χ3n) is 4.64. The molecule has 0 bridgehead atoms. The zero-order chi connectivity index (χ0) is 18.2. The van der Waals surface area contributed by atoms with Crippen LogP contribution in [0.4, 0.5) is 0 Å². The van der Waals surface area contributed by atoms with Crippen molar-refractivity contribution in [2.75, 3.05) is 33.3 Å². The SMILES string of the molecule is COc1ccc(S[C@H](C)C(=O)NCCCN2C[C@H](C)C[C@H](C)C2)cc1. The maximum atomic E-state index is 12.3. The van der Waals surface area contributed by atoms with Crippen LogP contribution < -0.4 is 10.1 Å². The fraction of sp³-hybridized carbons (Fsp3) is 0.650. The molecule has 5 heteroatoms. The van der Waals surface area contributed by atoms with Crippen LogP contribution in [0, 0.1) is 11.8 Å². The largest absolute Gasteiger partial charge is 0.497 e. The maximum Gasteiger partial charge on any atom is 0.233 e. The van der Waals surface area contributed by atoms with Gasteiger partial charge in [-0.3, -0.25) is 4.79 Å². The molecule has 1 aliphatic rings. The lowest BCUT2D eigenvalue weighted by Gasteiger charge is -2.34. The minimum absolute atomic E-state index is 0.0940. The Morgan fingerprint density at radius 2 is 1.92 bits per heavy atom. The van der Waals surface area contributed by atoms with Gasteiger partial charge in [-0.25, -0.2) is 0 Å². The number of nitrogens with zero attached hydrogens (tertiary/aromatic N) is 1. The van der Waals surface area contributed by atoms with E-state index >= 15 is 0 Å². The number of likely N-dealkylation sites (tertiary alicyclic amines) is 1. The van der Waals surface area contributed by atoms with Crippen molar-refractivity contribution in [1.82, 2.24) is 10.2 Å². The fourth-order valence-electron chi connectivity index (χ4n) is 3.54. The second-order valence-corrected chi connectivity index (χ2v) is 8.70. The molecule has 1 fully saturated rings. The number of rotatable bonds is 8. The van der Waals surface area contributed by atoms with E-state index < -0.39 is 0 Å². The summed E-state index contributed by atoms with van der Waals surface area (Å²) in [5, 5.41) is 2.98. The van der Waals surface area contributed by atoms with Crippen LogP contribution in [0.3, 0.4) is 0 Å². The number of hydrogen-bond donors (Lipinski definition) is 1. The van der Waals surface area contributed by atoms with Crippen LogP contribution in [0.15, 0.2) is 29.2 Å². The van der Waals surface area contributed by atoms with Gasteiger partial charge in [0.15, 0.2) is 0 Å². The maximum absolute atomic E-state index is 12.3. The summed E-state index contributed by atoms with van der Waals surface area (Å²) in [6.07, 6.45) is 2.36. The number of carbonyl (C=O) groups excluding carboxylic acids is 1. The van der Waals surface area contributed by atoms with E-state index in [4.69, 9.17) is 4.74 Å².